The number of hydrogen-bond acceptors (Lipinski definition) is 4. The van der Waals surface area contributed by atoms with Crippen molar-refractivity contribution in [1.82, 2.24) is 10.2 Å². The van der Waals surface area contributed by atoms with Crippen LogP contribution in [0.1, 0.15) is 19.3 Å². The maximum atomic E-state index is 9.68. The lowest BCUT2D eigenvalue weighted by molar-refractivity contribution is 0.0365. The van der Waals surface area contributed by atoms with Gasteiger partial charge in [0.25, 0.3) is 0 Å². The molecule has 2 fully saturated rings. The molecule has 2 rings (SSSR count). The zero-order chi connectivity index (χ0) is 9.26. The smallest absolute Gasteiger partial charge is 0.0868 e. The van der Waals surface area contributed by atoms with Crippen LogP contribution in [0.15, 0.2) is 0 Å². The van der Waals surface area contributed by atoms with Gasteiger partial charge >= 0.3 is 0 Å². The zero-order valence-electron chi connectivity index (χ0n) is 7.82. The topological polar surface area (TPSA) is 55.7 Å². The van der Waals surface area contributed by atoms with Gasteiger partial charge in [0.15, 0.2) is 0 Å². The highest BCUT2D eigenvalue weighted by Gasteiger charge is 2.36. The number of aliphatic hydroxyl groups excluding tert-OH is 2. The van der Waals surface area contributed by atoms with Gasteiger partial charge in [-0.25, -0.2) is 0 Å². The minimum atomic E-state index is -0.257. The lowest BCUT2D eigenvalue weighted by Crippen LogP contribution is -2.50. The average Bonchev–Trinajstić information content (AvgIpc) is 2.71. The molecule has 3 atom stereocenters. The van der Waals surface area contributed by atoms with E-state index in [1.54, 1.807) is 0 Å². The molecule has 0 aromatic rings. The standard InChI is InChI=1S/C9H18N2O2/c12-6-7-2-1-5-11(7)9-8(13)3-4-10-9/h7-10,12-13H,1-6H2. The van der Waals surface area contributed by atoms with Gasteiger partial charge in [-0.2, -0.15) is 0 Å². The highest BCUT2D eigenvalue weighted by molar-refractivity contribution is 4.90. The second-order valence-corrected chi connectivity index (χ2v) is 3.97. The Morgan fingerprint density at radius 2 is 2.23 bits per heavy atom. The molecular formula is C9H18N2O2. The van der Waals surface area contributed by atoms with Crippen LogP contribution in [0.25, 0.3) is 0 Å². The molecule has 76 valence electrons. The van der Waals surface area contributed by atoms with Crippen LogP contribution in [0.5, 0.6) is 0 Å². The summed E-state index contributed by atoms with van der Waals surface area (Å²) in [5, 5.41) is 22.1. The number of rotatable bonds is 2. The van der Waals surface area contributed by atoms with Crippen LogP contribution in [0, 0.1) is 0 Å². The first-order valence-electron chi connectivity index (χ1n) is 5.11. The van der Waals surface area contributed by atoms with E-state index in [0.717, 1.165) is 32.4 Å². The maximum absolute atomic E-state index is 9.68. The molecule has 0 radical (unpaired) electrons. The molecule has 3 N–H and O–H groups in total. The van der Waals surface area contributed by atoms with E-state index in [-0.39, 0.29) is 24.9 Å². The van der Waals surface area contributed by atoms with Gasteiger partial charge in [-0.05, 0) is 25.8 Å². The van der Waals surface area contributed by atoms with Crippen LogP contribution in [0.4, 0.5) is 0 Å². The van der Waals surface area contributed by atoms with Gasteiger partial charge in [-0.3, -0.25) is 10.2 Å². The third kappa shape index (κ3) is 1.72. The Bertz CT molecular complexity index is 177. The van der Waals surface area contributed by atoms with Crippen molar-refractivity contribution in [3.05, 3.63) is 0 Å². The molecule has 0 spiro atoms. The van der Waals surface area contributed by atoms with E-state index in [1.807, 2.05) is 0 Å². The molecule has 0 bridgehead atoms. The van der Waals surface area contributed by atoms with E-state index in [0.29, 0.717) is 0 Å². The summed E-state index contributed by atoms with van der Waals surface area (Å²) in [5.41, 5.74) is 0. The van der Waals surface area contributed by atoms with Gasteiger partial charge in [-0.1, -0.05) is 0 Å². The van der Waals surface area contributed by atoms with E-state index in [2.05, 4.69) is 10.2 Å². The van der Waals surface area contributed by atoms with E-state index in [9.17, 15) is 5.11 Å². The normalized spacial score (nSPS) is 41.5. The predicted molar refractivity (Wildman–Crippen MR) is 49.2 cm³/mol. The van der Waals surface area contributed by atoms with Crippen LogP contribution in [-0.2, 0) is 0 Å². The van der Waals surface area contributed by atoms with Crippen molar-refractivity contribution in [2.45, 2.75) is 37.6 Å². The quantitative estimate of drug-likeness (QED) is 0.524. The van der Waals surface area contributed by atoms with Crippen LogP contribution in [0.3, 0.4) is 0 Å². The van der Waals surface area contributed by atoms with Gasteiger partial charge in [-0.15, -0.1) is 0 Å². The van der Waals surface area contributed by atoms with Crippen molar-refractivity contribution in [1.29, 1.82) is 0 Å². The van der Waals surface area contributed by atoms with Crippen molar-refractivity contribution in [3.63, 3.8) is 0 Å². The summed E-state index contributed by atoms with van der Waals surface area (Å²) in [7, 11) is 0. The van der Waals surface area contributed by atoms with Crippen molar-refractivity contribution >= 4 is 0 Å². The maximum Gasteiger partial charge on any atom is 0.0868 e. The Morgan fingerprint density at radius 1 is 1.38 bits per heavy atom. The van der Waals surface area contributed by atoms with Gasteiger partial charge in [0.05, 0.1) is 18.9 Å². The number of nitrogens with zero attached hydrogens (tertiary/aromatic N) is 1. The van der Waals surface area contributed by atoms with Crippen molar-refractivity contribution in [2.24, 2.45) is 0 Å². The summed E-state index contributed by atoms with van der Waals surface area (Å²) in [5.74, 6) is 0. The van der Waals surface area contributed by atoms with Crippen LogP contribution >= 0.6 is 0 Å². The fourth-order valence-electron chi connectivity index (χ4n) is 2.43. The number of nitrogens with one attached hydrogen (secondary N) is 1. The minimum Gasteiger partial charge on any atom is -0.395 e. The lowest BCUT2D eigenvalue weighted by Gasteiger charge is -2.31. The number of hydrogen-bond donors (Lipinski definition) is 3. The Morgan fingerprint density at radius 3 is 2.85 bits per heavy atom. The number of aliphatic hydroxyl groups is 2. The Kier molecular flexibility index (Phi) is 2.83. The molecule has 3 unspecified atom stereocenters. The second kappa shape index (κ2) is 3.92. The fraction of sp³-hybridized carbons (Fsp3) is 1.00. The second-order valence-electron chi connectivity index (χ2n) is 3.97. The monoisotopic (exact) mass is 186 g/mol. The lowest BCUT2D eigenvalue weighted by atomic mass is 10.2. The molecule has 2 aliphatic rings. The van der Waals surface area contributed by atoms with Crippen molar-refractivity contribution in [2.75, 3.05) is 19.7 Å². The molecule has 2 aliphatic heterocycles. The Hall–Kier alpha value is -0.160. The van der Waals surface area contributed by atoms with Crippen LogP contribution in [0.2, 0.25) is 0 Å². The summed E-state index contributed by atoms with van der Waals surface area (Å²) in [6, 6.07) is 0.255. The third-order valence-corrected chi connectivity index (χ3v) is 3.15. The first-order valence-corrected chi connectivity index (χ1v) is 5.11. The van der Waals surface area contributed by atoms with Gasteiger partial charge < -0.3 is 10.2 Å². The van der Waals surface area contributed by atoms with Crippen LogP contribution < -0.4 is 5.32 Å². The van der Waals surface area contributed by atoms with Crippen molar-refractivity contribution < 1.29 is 10.2 Å². The van der Waals surface area contributed by atoms with Crippen molar-refractivity contribution in [3.8, 4) is 0 Å². The molecule has 2 saturated heterocycles. The van der Waals surface area contributed by atoms with E-state index in [1.165, 1.54) is 0 Å². The molecule has 2 heterocycles. The third-order valence-electron chi connectivity index (χ3n) is 3.15. The summed E-state index contributed by atoms with van der Waals surface area (Å²) < 4.78 is 0. The van der Waals surface area contributed by atoms with Gasteiger partial charge in [0.1, 0.15) is 0 Å². The summed E-state index contributed by atoms with van der Waals surface area (Å²) >= 11 is 0. The minimum absolute atomic E-state index is 0.0830. The summed E-state index contributed by atoms with van der Waals surface area (Å²) in [6.07, 6.45) is 2.85. The first kappa shape index (κ1) is 9.40. The largest absolute Gasteiger partial charge is 0.395 e. The van der Waals surface area contributed by atoms with E-state index in [4.69, 9.17) is 5.11 Å². The molecule has 0 aliphatic carbocycles. The molecule has 0 aromatic carbocycles. The highest BCUT2D eigenvalue weighted by atomic mass is 16.3. The average molecular weight is 186 g/mol. The highest BCUT2D eigenvalue weighted by Crippen LogP contribution is 2.22. The van der Waals surface area contributed by atoms with Gasteiger partial charge in [0.2, 0.25) is 0 Å². The van der Waals surface area contributed by atoms with Gasteiger partial charge in [0, 0.05) is 12.6 Å². The Labute approximate surface area is 78.5 Å². The molecule has 0 saturated carbocycles. The van der Waals surface area contributed by atoms with E-state index >= 15 is 0 Å². The fourth-order valence-corrected chi connectivity index (χ4v) is 2.43. The Balaban J connectivity index is 1.98. The molecule has 4 heteroatoms. The van der Waals surface area contributed by atoms with Crippen LogP contribution in [-0.4, -0.2) is 53.1 Å². The summed E-state index contributed by atoms with van der Waals surface area (Å²) in [4.78, 5) is 2.21. The van der Waals surface area contributed by atoms with E-state index < -0.39 is 0 Å². The molecule has 0 amide bonds. The molecule has 13 heavy (non-hydrogen) atoms. The predicted octanol–water partition coefficient (Wildman–Crippen LogP) is -0.877. The molecule has 0 aromatic heterocycles. The molecule has 4 nitrogen and oxygen atoms in total. The number of likely N-dealkylation sites (tertiary alicyclic amines) is 1. The first-order chi connectivity index (χ1) is 6.33. The zero-order valence-corrected chi connectivity index (χ0v) is 7.82. The molecular weight excluding hydrogens is 168 g/mol. The summed E-state index contributed by atoms with van der Waals surface area (Å²) in [6.45, 7) is 2.10. The SMILES string of the molecule is OCC1CCCN1C1NCCC1O.